The first-order valence-corrected chi connectivity index (χ1v) is 11.7. The average molecular weight is 458 g/mol. The largest absolute Gasteiger partial charge is 0.492 e. The maximum Gasteiger partial charge on any atom is 0.142 e. The molecule has 6 N–H and O–H groups in total. The number of nitrogens with two attached hydrogens (primary N) is 2. The molecule has 4 heterocycles. The molecule has 2 aliphatic heterocycles. The lowest BCUT2D eigenvalue weighted by molar-refractivity contribution is 0.106. The fraction of sp³-hybridized carbons (Fsp3) is 0.435. The monoisotopic (exact) mass is 457 g/mol. The Labute approximate surface area is 190 Å². The first kappa shape index (κ1) is 21.4. The van der Waals surface area contributed by atoms with Crippen LogP contribution >= 0.6 is 11.3 Å². The molecule has 1 unspecified atom stereocenters. The smallest absolute Gasteiger partial charge is 0.142 e. The van der Waals surface area contributed by atoms with E-state index in [1.54, 1.807) is 0 Å². The van der Waals surface area contributed by atoms with E-state index in [1.807, 2.05) is 37.3 Å². The van der Waals surface area contributed by atoms with Crippen molar-refractivity contribution in [2.75, 3.05) is 37.0 Å². The summed E-state index contributed by atoms with van der Waals surface area (Å²) in [5.74, 6) is 0.704. The molecular weight excluding hydrogens is 429 g/mol. The van der Waals surface area contributed by atoms with Gasteiger partial charge < -0.3 is 26.2 Å². The molecule has 0 amide bonds. The standard InChI is InChI=1S/C23H28FN5O2S/c1-12-2-5-17-20(26)21(32-23(17)27-12)22(30)28-15-6-13-3-4-16(7-19(13)31-11-15)29-9-14(8-24)18(25)10-29/h2-5,7,14-15,18,22,28,30H,6,8-11,25-26H2,1H3/t14-,15+,18+,22?/m0/s1. The van der Waals surface area contributed by atoms with Crippen molar-refractivity contribution in [3.63, 3.8) is 0 Å². The minimum absolute atomic E-state index is 0.0567. The van der Waals surface area contributed by atoms with E-state index in [2.05, 4.69) is 15.2 Å². The zero-order chi connectivity index (χ0) is 22.4. The highest BCUT2D eigenvalue weighted by Gasteiger charge is 2.31. The highest BCUT2D eigenvalue weighted by molar-refractivity contribution is 7.19. The maximum atomic E-state index is 13.1. The summed E-state index contributed by atoms with van der Waals surface area (Å²) in [5.41, 5.74) is 15.9. The number of aromatic nitrogens is 1. The summed E-state index contributed by atoms with van der Waals surface area (Å²) in [5, 5.41) is 14.9. The Bertz CT molecular complexity index is 1140. The van der Waals surface area contributed by atoms with Gasteiger partial charge >= 0.3 is 0 Å². The second kappa shape index (κ2) is 8.47. The number of anilines is 2. The minimum atomic E-state index is -0.896. The summed E-state index contributed by atoms with van der Waals surface area (Å²) in [6, 6.07) is 9.74. The number of ether oxygens (including phenoxy) is 1. The van der Waals surface area contributed by atoms with Gasteiger partial charge in [0.2, 0.25) is 0 Å². The van der Waals surface area contributed by atoms with Crippen molar-refractivity contribution in [3.8, 4) is 5.75 Å². The Morgan fingerprint density at radius 1 is 1.34 bits per heavy atom. The van der Waals surface area contributed by atoms with Gasteiger partial charge in [-0.05, 0) is 37.1 Å². The molecule has 1 fully saturated rings. The lowest BCUT2D eigenvalue weighted by Gasteiger charge is -2.29. The van der Waals surface area contributed by atoms with Crippen LogP contribution in [0.5, 0.6) is 5.75 Å². The molecule has 0 spiro atoms. The van der Waals surface area contributed by atoms with E-state index >= 15 is 0 Å². The average Bonchev–Trinajstić information content (AvgIpc) is 3.32. The lowest BCUT2D eigenvalue weighted by atomic mass is 10.0. The molecule has 0 aliphatic carbocycles. The molecule has 0 saturated carbocycles. The van der Waals surface area contributed by atoms with Crippen LogP contribution in [0.4, 0.5) is 15.8 Å². The number of benzene rings is 1. The van der Waals surface area contributed by atoms with Gasteiger partial charge in [-0.2, -0.15) is 0 Å². The van der Waals surface area contributed by atoms with Gasteiger partial charge in [0.05, 0.1) is 17.2 Å². The van der Waals surface area contributed by atoms with Gasteiger partial charge in [-0.1, -0.05) is 6.07 Å². The van der Waals surface area contributed by atoms with Gasteiger partial charge in [0, 0.05) is 53.9 Å². The van der Waals surface area contributed by atoms with Crippen molar-refractivity contribution >= 4 is 32.9 Å². The van der Waals surface area contributed by atoms with Gasteiger partial charge in [0.15, 0.2) is 0 Å². The Hall–Kier alpha value is -2.46. The summed E-state index contributed by atoms with van der Waals surface area (Å²) in [7, 11) is 0. The van der Waals surface area contributed by atoms with Crippen LogP contribution in [-0.4, -0.2) is 48.5 Å². The van der Waals surface area contributed by atoms with Crippen molar-refractivity contribution in [2.24, 2.45) is 11.7 Å². The number of aryl methyl sites for hydroxylation is 1. The molecule has 32 heavy (non-hydrogen) atoms. The van der Waals surface area contributed by atoms with Gasteiger partial charge in [0.25, 0.3) is 0 Å². The zero-order valence-corrected chi connectivity index (χ0v) is 18.7. The highest BCUT2D eigenvalue weighted by atomic mass is 32.1. The van der Waals surface area contributed by atoms with Crippen molar-refractivity contribution in [1.29, 1.82) is 0 Å². The number of thiophene rings is 1. The molecule has 4 atom stereocenters. The molecule has 170 valence electrons. The van der Waals surface area contributed by atoms with Crippen LogP contribution in [0.2, 0.25) is 0 Å². The molecule has 5 rings (SSSR count). The van der Waals surface area contributed by atoms with E-state index in [0.717, 1.165) is 39.3 Å². The van der Waals surface area contributed by atoms with Crippen LogP contribution < -0.4 is 26.4 Å². The van der Waals surface area contributed by atoms with Gasteiger partial charge in [-0.15, -0.1) is 11.3 Å². The first-order chi connectivity index (χ1) is 15.4. The van der Waals surface area contributed by atoms with Crippen LogP contribution in [0, 0.1) is 12.8 Å². The Morgan fingerprint density at radius 2 is 2.19 bits per heavy atom. The summed E-state index contributed by atoms with van der Waals surface area (Å²) < 4.78 is 19.1. The Kier molecular flexibility index (Phi) is 5.66. The predicted molar refractivity (Wildman–Crippen MR) is 126 cm³/mol. The van der Waals surface area contributed by atoms with Crippen LogP contribution in [0.3, 0.4) is 0 Å². The van der Waals surface area contributed by atoms with Crippen molar-refractivity contribution in [1.82, 2.24) is 10.3 Å². The molecule has 2 aromatic heterocycles. The number of pyridine rings is 1. The molecule has 0 radical (unpaired) electrons. The van der Waals surface area contributed by atoms with E-state index < -0.39 is 12.9 Å². The topological polar surface area (TPSA) is 110 Å². The number of fused-ring (bicyclic) bond motifs is 2. The normalized spacial score (nSPS) is 23.9. The quantitative estimate of drug-likeness (QED) is 0.436. The first-order valence-electron chi connectivity index (χ1n) is 10.8. The van der Waals surface area contributed by atoms with E-state index in [-0.39, 0.29) is 18.0 Å². The zero-order valence-electron chi connectivity index (χ0n) is 17.9. The van der Waals surface area contributed by atoms with Crippen LogP contribution in [0.1, 0.15) is 22.4 Å². The fourth-order valence-corrected chi connectivity index (χ4v) is 5.63. The Balaban J connectivity index is 1.27. The summed E-state index contributed by atoms with van der Waals surface area (Å²) in [6.07, 6.45) is -0.172. The van der Waals surface area contributed by atoms with Gasteiger partial charge in [-0.25, -0.2) is 4.98 Å². The number of alkyl halides is 1. The second-order valence-electron chi connectivity index (χ2n) is 8.74. The lowest BCUT2D eigenvalue weighted by Crippen LogP contribution is -2.41. The van der Waals surface area contributed by atoms with Crippen molar-refractivity contribution in [3.05, 3.63) is 46.5 Å². The molecule has 1 aromatic carbocycles. The maximum absolute atomic E-state index is 13.1. The third-order valence-corrected chi connectivity index (χ3v) is 7.58. The second-order valence-corrected chi connectivity index (χ2v) is 9.77. The number of nitrogens with zero attached hydrogens (tertiary/aromatic N) is 2. The highest BCUT2D eigenvalue weighted by Crippen LogP contribution is 2.37. The third-order valence-electron chi connectivity index (χ3n) is 6.42. The molecular formula is C23H28FN5O2S. The van der Waals surface area contributed by atoms with Gasteiger partial charge in [-0.3, -0.25) is 9.71 Å². The molecule has 2 aliphatic rings. The molecule has 0 bridgehead atoms. The van der Waals surface area contributed by atoms with E-state index in [9.17, 15) is 9.50 Å². The van der Waals surface area contributed by atoms with Crippen molar-refractivity contribution < 1.29 is 14.2 Å². The number of nitrogens with one attached hydrogen (secondary N) is 1. The predicted octanol–water partition coefficient (Wildman–Crippen LogP) is 2.50. The number of aliphatic hydroxyl groups is 1. The number of nitrogen functional groups attached to an aromatic ring is 1. The fourth-order valence-electron chi connectivity index (χ4n) is 4.54. The SMILES string of the molecule is Cc1ccc2c(N)c(C(O)N[C@H]3COc4cc(N5C[C@H](CF)[C@H](N)C5)ccc4C3)sc2n1. The summed E-state index contributed by atoms with van der Waals surface area (Å²) in [6.45, 7) is 3.24. The third kappa shape index (κ3) is 3.90. The van der Waals surface area contributed by atoms with E-state index in [4.69, 9.17) is 16.2 Å². The van der Waals surface area contributed by atoms with Crippen molar-refractivity contribution in [2.45, 2.75) is 31.7 Å². The van der Waals surface area contributed by atoms with E-state index in [1.165, 1.54) is 11.3 Å². The summed E-state index contributed by atoms with van der Waals surface area (Å²) in [4.78, 5) is 8.13. The van der Waals surface area contributed by atoms with Gasteiger partial charge in [0.1, 0.15) is 23.4 Å². The van der Waals surface area contributed by atoms with Crippen LogP contribution in [0.25, 0.3) is 10.2 Å². The molecule has 3 aromatic rings. The number of hydrogen-bond acceptors (Lipinski definition) is 8. The van der Waals surface area contributed by atoms with Crippen LogP contribution in [0.15, 0.2) is 30.3 Å². The number of halogens is 1. The number of hydrogen-bond donors (Lipinski definition) is 4. The van der Waals surface area contributed by atoms with E-state index in [0.29, 0.717) is 30.3 Å². The Morgan fingerprint density at radius 3 is 2.97 bits per heavy atom. The molecule has 7 nitrogen and oxygen atoms in total. The number of rotatable bonds is 5. The van der Waals surface area contributed by atoms with Crippen LogP contribution in [-0.2, 0) is 6.42 Å². The summed E-state index contributed by atoms with van der Waals surface area (Å²) >= 11 is 1.41. The number of aliphatic hydroxyl groups excluding tert-OH is 1. The molecule has 9 heteroatoms. The molecule has 1 saturated heterocycles. The minimum Gasteiger partial charge on any atom is -0.492 e.